The van der Waals surface area contributed by atoms with Crippen LogP contribution in [0.3, 0.4) is 0 Å². The standard InChI is InChI=1S/C17H23NO4S/c1-17(2,3)22-16(21)18(9-10-4-5-10)12-8-11(12)13-6-7-14(23-13)15(19)20/h6-7,10-12H,4-5,8-9H2,1-3H3,(H,19,20). The maximum Gasteiger partial charge on any atom is 0.410 e. The highest BCUT2D eigenvalue weighted by Crippen LogP contribution is 2.48. The number of amides is 1. The second-order valence-electron chi connectivity index (χ2n) is 7.49. The monoisotopic (exact) mass is 337 g/mol. The average molecular weight is 337 g/mol. The SMILES string of the molecule is CC(C)(C)OC(=O)N(CC1CC1)C1CC1c1ccc(C(=O)O)s1. The van der Waals surface area contributed by atoms with Crippen LogP contribution < -0.4 is 0 Å². The lowest BCUT2D eigenvalue weighted by molar-refractivity contribution is 0.0220. The number of nitrogens with zero attached hydrogens (tertiary/aromatic N) is 1. The van der Waals surface area contributed by atoms with Crippen molar-refractivity contribution in [3.8, 4) is 0 Å². The van der Waals surface area contributed by atoms with E-state index in [-0.39, 0.29) is 18.1 Å². The first-order valence-electron chi connectivity index (χ1n) is 8.07. The molecule has 1 N–H and O–H groups in total. The Morgan fingerprint density at radius 1 is 1.35 bits per heavy atom. The Morgan fingerprint density at radius 3 is 2.57 bits per heavy atom. The van der Waals surface area contributed by atoms with Crippen LogP contribution in [0.5, 0.6) is 0 Å². The molecule has 2 unspecified atom stereocenters. The lowest BCUT2D eigenvalue weighted by Gasteiger charge is -2.28. The fraction of sp³-hybridized carbons (Fsp3) is 0.647. The van der Waals surface area contributed by atoms with Crippen LogP contribution in [0.1, 0.15) is 60.5 Å². The minimum atomic E-state index is -0.888. The quantitative estimate of drug-likeness (QED) is 0.883. The second-order valence-corrected chi connectivity index (χ2v) is 8.61. The van der Waals surface area contributed by atoms with E-state index in [1.807, 2.05) is 31.7 Å². The van der Waals surface area contributed by atoms with E-state index >= 15 is 0 Å². The van der Waals surface area contributed by atoms with Crippen LogP contribution in [0.2, 0.25) is 0 Å². The third-order valence-electron chi connectivity index (χ3n) is 4.14. The smallest absolute Gasteiger partial charge is 0.410 e. The molecule has 1 amide bonds. The van der Waals surface area contributed by atoms with E-state index < -0.39 is 11.6 Å². The van der Waals surface area contributed by atoms with E-state index in [0.29, 0.717) is 10.8 Å². The lowest BCUT2D eigenvalue weighted by Crippen LogP contribution is -2.40. The Balaban J connectivity index is 1.68. The van der Waals surface area contributed by atoms with Crippen molar-refractivity contribution in [1.29, 1.82) is 0 Å². The molecule has 2 aliphatic rings. The van der Waals surface area contributed by atoms with Gasteiger partial charge in [-0.3, -0.25) is 0 Å². The fourth-order valence-corrected chi connectivity index (χ4v) is 3.76. The molecule has 1 aromatic heterocycles. The van der Waals surface area contributed by atoms with Gasteiger partial charge in [-0.1, -0.05) is 0 Å². The minimum absolute atomic E-state index is 0.144. The van der Waals surface area contributed by atoms with Gasteiger partial charge in [-0.05, 0) is 58.1 Å². The predicted molar refractivity (Wildman–Crippen MR) is 88.1 cm³/mol. The highest BCUT2D eigenvalue weighted by Gasteiger charge is 2.48. The molecular weight excluding hydrogens is 314 g/mol. The number of ether oxygens (including phenoxy) is 1. The summed E-state index contributed by atoms with van der Waals surface area (Å²) < 4.78 is 5.55. The summed E-state index contributed by atoms with van der Waals surface area (Å²) >= 11 is 1.31. The molecule has 0 aromatic carbocycles. The number of hydrogen-bond acceptors (Lipinski definition) is 4. The van der Waals surface area contributed by atoms with Crippen molar-refractivity contribution in [1.82, 2.24) is 4.90 Å². The van der Waals surface area contributed by atoms with Gasteiger partial charge in [0.25, 0.3) is 0 Å². The van der Waals surface area contributed by atoms with E-state index in [4.69, 9.17) is 9.84 Å². The molecule has 0 aliphatic heterocycles. The van der Waals surface area contributed by atoms with Crippen molar-refractivity contribution in [3.05, 3.63) is 21.9 Å². The summed E-state index contributed by atoms with van der Waals surface area (Å²) in [6.07, 6.45) is 3.01. The highest BCUT2D eigenvalue weighted by molar-refractivity contribution is 7.14. The molecule has 0 spiro atoms. The number of aromatic carboxylic acids is 1. The molecular formula is C17H23NO4S. The van der Waals surface area contributed by atoms with Gasteiger partial charge in [0.05, 0.1) is 0 Å². The zero-order valence-electron chi connectivity index (χ0n) is 13.7. The second kappa shape index (κ2) is 5.82. The third-order valence-corrected chi connectivity index (χ3v) is 5.35. The van der Waals surface area contributed by atoms with Crippen molar-refractivity contribution in [2.45, 2.75) is 57.6 Å². The molecule has 0 bridgehead atoms. The van der Waals surface area contributed by atoms with Crippen molar-refractivity contribution in [2.75, 3.05) is 6.54 Å². The first-order valence-corrected chi connectivity index (χ1v) is 8.89. The highest BCUT2D eigenvalue weighted by atomic mass is 32.1. The summed E-state index contributed by atoms with van der Waals surface area (Å²) in [7, 11) is 0. The number of carbonyl (C=O) groups is 2. The predicted octanol–water partition coefficient (Wildman–Crippen LogP) is 3.95. The van der Waals surface area contributed by atoms with E-state index in [1.165, 1.54) is 24.2 Å². The van der Waals surface area contributed by atoms with E-state index in [1.54, 1.807) is 6.07 Å². The third kappa shape index (κ3) is 4.05. The van der Waals surface area contributed by atoms with Gasteiger partial charge < -0.3 is 14.7 Å². The van der Waals surface area contributed by atoms with Gasteiger partial charge in [-0.25, -0.2) is 9.59 Å². The summed E-state index contributed by atoms with van der Waals surface area (Å²) in [6, 6.07) is 3.67. The Morgan fingerprint density at radius 2 is 2.04 bits per heavy atom. The Hall–Kier alpha value is -1.56. The first-order chi connectivity index (χ1) is 10.7. The number of carboxylic acid groups (broad SMARTS) is 1. The number of rotatable bonds is 5. The summed E-state index contributed by atoms with van der Waals surface area (Å²) in [4.78, 5) is 26.8. The summed E-state index contributed by atoms with van der Waals surface area (Å²) in [5.41, 5.74) is -0.497. The van der Waals surface area contributed by atoms with Gasteiger partial charge in [-0.2, -0.15) is 0 Å². The largest absolute Gasteiger partial charge is 0.477 e. The molecule has 1 heterocycles. The molecule has 2 saturated carbocycles. The molecule has 5 nitrogen and oxygen atoms in total. The van der Waals surface area contributed by atoms with Crippen LogP contribution in [0, 0.1) is 5.92 Å². The molecule has 3 rings (SSSR count). The fourth-order valence-electron chi connectivity index (χ4n) is 2.74. The minimum Gasteiger partial charge on any atom is -0.477 e. The van der Waals surface area contributed by atoms with Gasteiger partial charge in [0, 0.05) is 23.4 Å². The van der Waals surface area contributed by atoms with E-state index in [9.17, 15) is 9.59 Å². The first kappa shape index (κ1) is 16.3. The summed E-state index contributed by atoms with van der Waals surface area (Å²) in [5.74, 6) is -0.0403. The number of carboxylic acids is 1. The van der Waals surface area contributed by atoms with Crippen molar-refractivity contribution < 1.29 is 19.4 Å². The molecule has 2 aliphatic carbocycles. The van der Waals surface area contributed by atoms with Gasteiger partial charge in [-0.15, -0.1) is 11.3 Å². The molecule has 0 radical (unpaired) electrons. The van der Waals surface area contributed by atoms with Gasteiger partial charge >= 0.3 is 12.1 Å². The molecule has 126 valence electrons. The van der Waals surface area contributed by atoms with Crippen LogP contribution in [-0.2, 0) is 4.74 Å². The lowest BCUT2D eigenvalue weighted by atomic mass is 10.2. The maximum absolute atomic E-state index is 12.5. The Kier molecular flexibility index (Phi) is 4.12. The molecule has 1 aromatic rings. The number of thiophene rings is 1. The van der Waals surface area contributed by atoms with Crippen LogP contribution in [0.4, 0.5) is 4.79 Å². The van der Waals surface area contributed by atoms with Gasteiger partial charge in [0.15, 0.2) is 0 Å². The average Bonchev–Trinajstić information content (AvgIpc) is 3.33. The van der Waals surface area contributed by atoms with Gasteiger partial charge in [0.1, 0.15) is 10.5 Å². The molecule has 23 heavy (non-hydrogen) atoms. The summed E-state index contributed by atoms with van der Waals surface area (Å²) in [6.45, 7) is 6.39. The van der Waals surface area contributed by atoms with E-state index in [0.717, 1.165) is 17.8 Å². The van der Waals surface area contributed by atoms with Crippen LogP contribution in [0.25, 0.3) is 0 Å². The molecule has 0 saturated heterocycles. The van der Waals surface area contributed by atoms with Crippen molar-refractivity contribution >= 4 is 23.4 Å². The zero-order valence-corrected chi connectivity index (χ0v) is 14.6. The van der Waals surface area contributed by atoms with Crippen molar-refractivity contribution in [2.24, 2.45) is 5.92 Å². The van der Waals surface area contributed by atoms with Crippen LogP contribution in [0.15, 0.2) is 12.1 Å². The zero-order chi connectivity index (χ0) is 16.8. The molecule has 2 fully saturated rings. The van der Waals surface area contributed by atoms with E-state index in [2.05, 4.69) is 0 Å². The maximum atomic E-state index is 12.5. The number of carbonyl (C=O) groups excluding carboxylic acids is 1. The van der Waals surface area contributed by atoms with Gasteiger partial charge in [0.2, 0.25) is 0 Å². The Labute approximate surface area is 140 Å². The van der Waals surface area contributed by atoms with Crippen molar-refractivity contribution in [3.63, 3.8) is 0 Å². The Bertz CT molecular complexity index is 614. The number of hydrogen-bond donors (Lipinski definition) is 1. The topological polar surface area (TPSA) is 66.8 Å². The summed E-state index contributed by atoms with van der Waals surface area (Å²) in [5, 5.41) is 9.04. The van der Waals surface area contributed by atoms with Crippen LogP contribution >= 0.6 is 11.3 Å². The molecule has 6 heteroatoms. The van der Waals surface area contributed by atoms with Crippen LogP contribution in [-0.4, -0.2) is 40.3 Å². The molecule has 2 atom stereocenters. The normalized spacial score (nSPS) is 23.4.